The number of alkyl halides is 2. The highest BCUT2D eigenvalue weighted by molar-refractivity contribution is 7.99. The minimum absolute atomic E-state index is 0.0179. The van der Waals surface area contributed by atoms with E-state index in [4.69, 9.17) is 5.11 Å². The van der Waals surface area contributed by atoms with Crippen molar-refractivity contribution in [3.8, 4) is 0 Å². The van der Waals surface area contributed by atoms with Crippen LogP contribution in [0.15, 0.2) is 23.4 Å². The summed E-state index contributed by atoms with van der Waals surface area (Å²) in [4.78, 5) is 15.7. The second-order valence-corrected chi connectivity index (χ2v) is 4.95. The van der Waals surface area contributed by atoms with E-state index in [0.29, 0.717) is 12.8 Å². The van der Waals surface area contributed by atoms with Crippen molar-refractivity contribution >= 4 is 17.7 Å². The van der Waals surface area contributed by atoms with Gasteiger partial charge < -0.3 is 10.4 Å². The monoisotopic (exact) mass is 290 g/mol. The molecule has 0 bridgehead atoms. The first kappa shape index (κ1) is 15.8. The fourth-order valence-electron chi connectivity index (χ4n) is 1.51. The maximum atomic E-state index is 12.4. The van der Waals surface area contributed by atoms with Crippen molar-refractivity contribution in [1.82, 2.24) is 10.3 Å². The molecule has 7 heteroatoms. The number of nitrogens with zero attached hydrogens (tertiary/aromatic N) is 1. The Labute approximate surface area is 114 Å². The molecule has 19 heavy (non-hydrogen) atoms. The molecular formula is C12H16F2N2O2S. The Kier molecular flexibility index (Phi) is 6.72. The van der Waals surface area contributed by atoms with E-state index in [1.807, 2.05) is 0 Å². The predicted octanol–water partition coefficient (Wildman–Crippen LogP) is 2.29. The summed E-state index contributed by atoms with van der Waals surface area (Å²) in [6.07, 6.45) is 2.57. The highest BCUT2D eigenvalue weighted by Crippen LogP contribution is 2.26. The van der Waals surface area contributed by atoms with E-state index in [0.717, 1.165) is 0 Å². The molecule has 0 saturated heterocycles. The summed E-state index contributed by atoms with van der Waals surface area (Å²) < 4.78 is 24.7. The van der Waals surface area contributed by atoms with Crippen LogP contribution in [0.5, 0.6) is 0 Å². The summed E-state index contributed by atoms with van der Waals surface area (Å²) in [5.41, 5.74) is 0.142. The number of aromatic nitrogens is 1. The van der Waals surface area contributed by atoms with Crippen molar-refractivity contribution in [3.05, 3.63) is 23.9 Å². The lowest BCUT2D eigenvalue weighted by atomic mass is 10.1. The maximum Gasteiger partial charge on any atom is 0.290 e. The number of nitrogens with one attached hydrogen (secondary N) is 1. The third kappa shape index (κ3) is 5.52. The molecular weight excluding hydrogens is 274 g/mol. The van der Waals surface area contributed by atoms with Crippen LogP contribution in [0, 0.1) is 0 Å². The van der Waals surface area contributed by atoms with Gasteiger partial charge in [0.2, 0.25) is 0 Å². The van der Waals surface area contributed by atoms with E-state index in [-0.39, 0.29) is 35.0 Å². The summed E-state index contributed by atoms with van der Waals surface area (Å²) in [5.74, 6) is -3.05. The molecule has 0 aliphatic heterocycles. The van der Waals surface area contributed by atoms with Crippen molar-refractivity contribution in [1.29, 1.82) is 0 Å². The van der Waals surface area contributed by atoms with Crippen LogP contribution in [-0.2, 0) is 0 Å². The van der Waals surface area contributed by atoms with Crippen LogP contribution in [0.25, 0.3) is 0 Å². The number of thioether (sulfide) groups is 1. The van der Waals surface area contributed by atoms with Crippen LogP contribution in [0.2, 0.25) is 0 Å². The van der Waals surface area contributed by atoms with E-state index >= 15 is 0 Å². The molecule has 1 amide bonds. The summed E-state index contributed by atoms with van der Waals surface area (Å²) in [7, 11) is 0. The lowest BCUT2D eigenvalue weighted by Crippen LogP contribution is -2.33. The van der Waals surface area contributed by atoms with Crippen LogP contribution < -0.4 is 5.32 Å². The van der Waals surface area contributed by atoms with Crippen LogP contribution in [0.1, 0.15) is 30.1 Å². The molecule has 0 saturated carbocycles. The number of aliphatic hydroxyl groups is 1. The zero-order valence-electron chi connectivity index (χ0n) is 10.5. The zero-order chi connectivity index (χ0) is 14.3. The van der Waals surface area contributed by atoms with Gasteiger partial charge in [-0.1, -0.05) is 0 Å². The molecule has 1 aromatic heterocycles. The molecule has 1 unspecified atom stereocenters. The molecule has 1 rings (SSSR count). The topological polar surface area (TPSA) is 62.2 Å². The second-order valence-electron chi connectivity index (χ2n) is 3.97. The molecule has 0 spiro atoms. The molecule has 0 aliphatic rings. The first-order chi connectivity index (χ1) is 9.04. The van der Waals surface area contributed by atoms with Crippen LogP contribution in [0.3, 0.4) is 0 Å². The molecule has 0 aromatic carbocycles. The molecule has 0 aliphatic carbocycles. The van der Waals surface area contributed by atoms with Gasteiger partial charge in [0.25, 0.3) is 11.7 Å². The molecule has 1 aromatic rings. The van der Waals surface area contributed by atoms with Crippen molar-refractivity contribution in [2.24, 2.45) is 0 Å². The van der Waals surface area contributed by atoms with Crippen molar-refractivity contribution in [2.75, 3.05) is 6.61 Å². The van der Waals surface area contributed by atoms with Gasteiger partial charge in [-0.15, -0.1) is 0 Å². The number of rotatable bonds is 7. The van der Waals surface area contributed by atoms with Gasteiger partial charge in [-0.05, 0) is 43.7 Å². The normalized spacial score (nSPS) is 12.5. The molecule has 1 heterocycles. The fourth-order valence-corrected chi connectivity index (χ4v) is 2.09. The number of pyridine rings is 1. The van der Waals surface area contributed by atoms with Gasteiger partial charge in [0, 0.05) is 18.8 Å². The Balaban J connectivity index is 2.70. The Morgan fingerprint density at radius 2 is 2.32 bits per heavy atom. The van der Waals surface area contributed by atoms with E-state index < -0.39 is 11.7 Å². The van der Waals surface area contributed by atoms with Gasteiger partial charge in [-0.25, -0.2) is 4.98 Å². The largest absolute Gasteiger partial charge is 0.396 e. The Bertz CT molecular complexity index is 418. The minimum Gasteiger partial charge on any atom is -0.396 e. The van der Waals surface area contributed by atoms with E-state index in [1.165, 1.54) is 18.3 Å². The third-order valence-electron chi connectivity index (χ3n) is 2.39. The van der Waals surface area contributed by atoms with Gasteiger partial charge >= 0.3 is 0 Å². The van der Waals surface area contributed by atoms with Gasteiger partial charge in [-0.2, -0.15) is 8.78 Å². The zero-order valence-corrected chi connectivity index (χ0v) is 11.3. The van der Waals surface area contributed by atoms with Crippen LogP contribution in [0.4, 0.5) is 8.78 Å². The van der Waals surface area contributed by atoms with Crippen LogP contribution >= 0.6 is 11.8 Å². The van der Waals surface area contributed by atoms with Gasteiger partial charge in [-0.3, -0.25) is 4.79 Å². The molecule has 4 nitrogen and oxygen atoms in total. The average molecular weight is 290 g/mol. The summed E-state index contributed by atoms with van der Waals surface area (Å²) >= 11 is 0.253. The summed E-state index contributed by atoms with van der Waals surface area (Å²) in [6, 6.07) is 2.86. The quantitative estimate of drug-likeness (QED) is 0.756. The number of hydrogen-bond acceptors (Lipinski definition) is 4. The van der Waals surface area contributed by atoms with Crippen molar-refractivity contribution in [3.63, 3.8) is 0 Å². The predicted molar refractivity (Wildman–Crippen MR) is 69.3 cm³/mol. The standard InChI is InChI=1S/C12H16F2N2O2S/c1-8(4-3-7-17)16-10(18)9-5-2-6-15-11(9)19-12(13)14/h2,5-6,8,12,17H,3-4,7H2,1H3,(H,16,18). The Morgan fingerprint density at radius 3 is 2.95 bits per heavy atom. The number of carbonyl (C=O) groups excluding carboxylic acids is 1. The lowest BCUT2D eigenvalue weighted by molar-refractivity contribution is 0.0932. The number of aliphatic hydroxyl groups excluding tert-OH is 1. The van der Waals surface area contributed by atoms with Gasteiger partial charge in [0.15, 0.2) is 0 Å². The minimum atomic E-state index is -2.62. The van der Waals surface area contributed by atoms with Crippen molar-refractivity contribution in [2.45, 2.75) is 36.6 Å². The number of halogens is 2. The Hall–Kier alpha value is -1.21. The Morgan fingerprint density at radius 1 is 1.58 bits per heavy atom. The van der Waals surface area contributed by atoms with E-state index in [9.17, 15) is 13.6 Å². The molecule has 2 N–H and O–H groups in total. The number of amides is 1. The SMILES string of the molecule is CC(CCCO)NC(=O)c1cccnc1SC(F)F. The smallest absolute Gasteiger partial charge is 0.290 e. The first-order valence-corrected chi connectivity index (χ1v) is 6.74. The maximum absolute atomic E-state index is 12.4. The average Bonchev–Trinajstić information content (AvgIpc) is 2.36. The molecule has 0 fully saturated rings. The van der Waals surface area contributed by atoms with Crippen LogP contribution in [-0.4, -0.2) is 34.4 Å². The number of hydrogen-bond donors (Lipinski definition) is 2. The molecule has 0 radical (unpaired) electrons. The lowest BCUT2D eigenvalue weighted by Gasteiger charge is -2.14. The summed E-state index contributed by atoms with van der Waals surface area (Å²) in [5, 5.41) is 11.4. The van der Waals surface area contributed by atoms with E-state index in [1.54, 1.807) is 6.92 Å². The van der Waals surface area contributed by atoms with E-state index in [2.05, 4.69) is 10.3 Å². The summed E-state index contributed by atoms with van der Waals surface area (Å²) in [6.45, 7) is 1.85. The van der Waals surface area contributed by atoms with Gasteiger partial charge in [0.05, 0.1) is 5.56 Å². The van der Waals surface area contributed by atoms with Gasteiger partial charge in [0.1, 0.15) is 5.03 Å². The first-order valence-electron chi connectivity index (χ1n) is 5.86. The molecule has 106 valence electrons. The number of carbonyl (C=O) groups is 1. The highest BCUT2D eigenvalue weighted by Gasteiger charge is 2.17. The third-order valence-corrected chi connectivity index (χ3v) is 3.12. The fraction of sp³-hybridized carbons (Fsp3) is 0.500. The molecule has 1 atom stereocenters. The van der Waals surface area contributed by atoms with Crippen molar-refractivity contribution < 1.29 is 18.7 Å². The highest BCUT2D eigenvalue weighted by atomic mass is 32.2. The second kappa shape index (κ2) is 8.06.